The van der Waals surface area contributed by atoms with Crippen molar-refractivity contribution in [2.45, 2.75) is 18.4 Å². The van der Waals surface area contributed by atoms with Crippen LogP contribution in [0.25, 0.3) is 0 Å². The molecule has 0 heterocycles. The third-order valence-corrected chi connectivity index (χ3v) is 6.58. The minimum atomic E-state index is -4.07. The van der Waals surface area contributed by atoms with Gasteiger partial charge in [0.25, 0.3) is 5.91 Å². The van der Waals surface area contributed by atoms with Crippen molar-refractivity contribution in [3.8, 4) is 0 Å². The normalized spacial score (nSPS) is 11.8. The number of aryl methyl sites for hydroxylation is 1. The van der Waals surface area contributed by atoms with Crippen molar-refractivity contribution >= 4 is 33.7 Å². The number of carbonyl (C=O) groups is 1. The molecule has 0 bridgehead atoms. The van der Waals surface area contributed by atoms with Crippen LogP contribution in [0.2, 0.25) is 5.02 Å². The topological polar surface area (TPSA) is 78.8 Å². The summed E-state index contributed by atoms with van der Waals surface area (Å²) in [6, 6.07) is 18.9. The fourth-order valence-corrected chi connectivity index (χ4v) is 4.44. The Morgan fingerprint density at radius 1 is 1.09 bits per heavy atom. The van der Waals surface area contributed by atoms with Gasteiger partial charge < -0.3 is 0 Å². The molecule has 0 radical (unpaired) electrons. The minimum absolute atomic E-state index is 0.00895. The molecule has 3 aromatic rings. The van der Waals surface area contributed by atoms with E-state index in [0.29, 0.717) is 10.6 Å². The number of sulfonamides is 1. The summed E-state index contributed by atoms with van der Waals surface area (Å²) in [5.74, 6) is -1.23. The molecule has 9 heteroatoms. The third kappa shape index (κ3) is 6.23. The molecular weight excluding hydrogens is 453 g/mol. The van der Waals surface area contributed by atoms with Gasteiger partial charge in [-0.25, -0.2) is 18.2 Å². The standard InChI is InChI=1S/C23H21ClFN3O3S/c1-17-9-11-21(12-10-17)32(30,31)28(15-19-6-2-3-8-22(19)25)16-23(29)27-26-14-18-5-4-7-20(24)13-18/h2-14H,15-16H2,1H3,(H,27,29)/b26-14-. The quantitative estimate of drug-likeness (QED) is 0.394. The first-order valence-electron chi connectivity index (χ1n) is 9.63. The zero-order valence-corrected chi connectivity index (χ0v) is 18.8. The van der Waals surface area contributed by atoms with Crippen LogP contribution in [0.3, 0.4) is 0 Å². The van der Waals surface area contributed by atoms with E-state index in [0.717, 1.165) is 9.87 Å². The largest absolute Gasteiger partial charge is 0.272 e. The second kappa shape index (κ2) is 10.5. The van der Waals surface area contributed by atoms with Gasteiger partial charge >= 0.3 is 0 Å². The van der Waals surface area contributed by atoms with Crippen molar-refractivity contribution in [2.75, 3.05) is 6.54 Å². The summed E-state index contributed by atoms with van der Waals surface area (Å²) in [4.78, 5) is 12.5. The third-order valence-electron chi connectivity index (χ3n) is 4.53. The lowest BCUT2D eigenvalue weighted by molar-refractivity contribution is -0.121. The summed E-state index contributed by atoms with van der Waals surface area (Å²) < 4.78 is 41.5. The minimum Gasteiger partial charge on any atom is -0.272 e. The Balaban J connectivity index is 1.81. The molecule has 166 valence electrons. The van der Waals surface area contributed by atoms with Crippen LogP contribution in [-0.2, 0) is 21.4 Å². The van der Waals surface area contributed by atoms with E-state index in [1.54, 1.807) is 42.5 Å². The molecule has 1 amide bonds. The van der Waals surface area contributed by atoms with Gasteiger partial charge in [0.15, 0.2) is 0 Å². The zero-order chi connectivity index (χ0) is 23.1. The van der Waals surface area contributed by atoms with Crippen LogP contribution in [0.1, 0.15) is 16.7 Å². The smallest absolute Gasteiger partial charge is 0.255 e. The van der Waals surface area contributed by atoms with E-state index in [1.165, 1.54) is 36.5 Å². The molecule has 0 aliphatic heterocycles. The van der Waals surface area contributed by atoms with Gasteiger partial charge in [-0.2, -0.15) is 9.41 Å². The molecule has 0 unspecified atom stereocenters. The van der Waals surface area contributed by atoms with E-state index in [2.05, 4.69) is 10.5 Å². The predicted octanol–water partition coefficient (Wildman–Crippen LogP) is 4.13. The van der Waals surface area contributed by atoms with Crippen molar-refractivity contribution in [3.63, 3.8) is 0 Å². The summed E-state index contributed by atoms with van der Waals surface area (Å²) in [5, 5.41) is 4.36. The predicted molar refractivity (Wildman–Crippen MR) is 122 cm³/mol. The van der Waals surface area contributed by atoms with Gasteiger partial charge in [0.1, 0.15) is 5.82 Å². The molecule has 3 rings (SSSR count). The molecule has 32 heavy (non-hydrogen) atoms. The highest BCUT2D eigenvalue weighted by molar-refractivity contribution is 7.89. The Kier molecular flexibility index (Phi) is 7.74. The molecule has 0 fully saturated rings. The molecule has 6 nitrogen and oxygen atoms in total. The summed E-state index contributed by atoms with van der Waals surface area (Å²) in [5.41, 5.74) is 4.00. The number of nitrogens with zero attached hydrogens (tertiary/aromatic N) is 2. The highest BCUT2D eigenvalue weighted by Gasteiger charge is 2.27. The van der Waals surface area contributed by atoms with Gasteiger partial charge in [0.2, 0.25) is 10.0 Å². The summed E-state index contributed by atoms with van der Waals surface area (Å²) in [6.07, 6.45) is 1.39. The lowest BCUT2D eigenvalue weighted by atomic mass is 10.2. The van der Waals surface area contributed by atoms with Gasteiger partial charge in [-0.05, 0) is 42.8 Å². The molecule has 0 aliphatic carbocycles. The highest BCUT2D eigenvalue weighted by atomic mass is 35.5. The van der Waals surface area contributed by atoms with Crippen molar-refractivity contribution in [2.24, 2.45) is 5.10 Å². The molecular formula is C23H21ClFN3O3S. The number of amides is 1. The van der Waals surface area contributed by atoms with Crippen LogP contribution in [0.4, 0.5) is 4.39 Å². The Hall–Kier alpha value is -3.07. The van der Waals surface area contributed by atoms with Gasteiger partial charge in [0.05, 0.1) is 17.7 Å². The zero-order valence-electron chi connectivity index (χ0n) is 17.2. The van der Waals surface area contributed by atoms with Crippen LogP contribution in [0.15, 0.2) is 82.8 Å². The summed E-state index contributed by atoms with van der Waals surface area (Å²) in [6.45, 7) is 0.977. The maximum atomic E-state index is 14.2. The Bertz CT molecular complexity index is 1230. The van der Waals surface area contributed by atoms with Gasteiger partial charge in [-0.1, -0.05) is 59.6 Å². The number of hydrazone groups is 1. The van der Waals surface area contributed by atoms with Crippen LogP contribution in [-0.4, -0.2) is 31.4 Å². The Morgan fingerprint density at radius 3 is 2.50 bits per heavy atom. The van der Waals surface area contributed by atoms with Crippen LogP contribution < -0.4 is 5.43 Å². The van der Waals surface area contributed by atoms with E-state index < -0.39 is 28.3 Å². The first-order valence-corrected chi connectivity index (χ1v) is 11.5. The number of carbonyl (C=O) groups excluding carboxylic acids is 1. The van der Waals surface area contributed by atoms with Crippen LogP contribution in [0.5, 0.6) is 0 Å². The molecule has 1 N–H and O–H groups in total. The lowest BCUT2D eigenvalue weighted by Gasteiger charge is -2.22. The van der Waals surface area contributed by atoms with Crippen molar-refractivity contribution in [1.29, 1.82) is 0 Å². The van der Waals surface area contributed by atoms with E-state index in [1.807, 2.05) is 6.92 Å². The lowest BCUT2D eigenvalue weighted by Crippen LogP contribution is -2.39. The molecule has 0 aliphatic rings. The fraction of sp³-hybridized carbons (Fsp3) is 0.130. The first kappa shape index (κ1) is 23.6. The van der Waals surface area contributed by atoms with Crippen molar-refractivity contribution in [1.82, 2.24) is 9.73 Å². The summed E-state index contributed by atoms with van der Waals surface area (Å²) in [7, 11) is -4.07. The van der Waals surface area contributed by atoms with Crippen molar-refractivity contribution < 1.29 is 17.6 Å². The molecule has 0 spiro atoms. The molecule has 0 atom stereocenters. The van der Waals surface area contributed by atoms with E-state index in [9.17, 15) is 17.6 Å². The SMILES string of the molecule is Cc1ccc(S(=O)(=O)N(CC(=O)N/N=C\c2cccc(Cl)c2)Cc2ccccc2F)cc1. The second-order valence-electron chi connectivity index (χ2n) is 7.03. The number of nitrogens with one attached hydrogen (secondary N) is 1. The average Bonchev–Trinajstić information content (AvgIpc) is 2.75. The van der Waals surface area contributed by atoms with Gasteiger partial charge in [-0.3, -0.25) is 4.79 Å². The molecule has 3 aromatic carbocycles. The number of rotatable bonds is 8. The maximum Gasteiger partial charge on any atom is 0.255 e. The average molecular weight is 474 g/mol. The number of halogens is 2. The number of hydrogen-bond donors (Lipinski definition) is 1. The van der Waals surface area contributed by atoms with E-state index in [4.69, 9.17) is 11.6 Å². The summed E-state index contributed by atoms with van der Waals surface area (Å²) >= 11 is 5.91. The van der Waals surface area contributed by atoms with Gasteiger partial charge in [0, 0.05) is 17.1 Å². The van der Waals surface area contributed by atoms with Crippen molar-refractivity contribution in [3.05, 3.63) is 100 Å². The molecule has 0 saturated carbocycles. The molecule has 0 aromatic heterocycles. The van der Waals surface area contributed by atoms with Crippen LogP contribution >= 0.6 is 11.6 Å². The number of benzene rings is 3. The number of hydrogen-bond acceptors (Lipinski definition) is 4. The monoisotopic (exact) mass is 473 g/mol. The fourth-order valence-electron chi connectivity index (χ4n) is 2.86. The molecule has 0 saturated heterocycles. The van der Waals surface area contributed by atoms with Gasteiger partial charge in [-0.15, -0.1) is 0 Å². The highest BCUT2D eigenvalue weighted by Crippen LogP contribution is 2.20. The first-order chi connectivity index (χ1) is 15.3. The maximum absolute atomic E-state index is 14.2. The Morgan fingerprint density at radius 2 is 1.81 bits per heavy atom. The second-order valence-corrected chi connectivity index (χ2v) is 9.40. The van der Waals surface area contributed by atoms with E-state index in [-0.39, 0.29) is 17.0 Å². The van der Waals surface area contributed by atoms with E-state index >= 15 is 0 Å². The van der Waals surface area contributed by atoms with Crippen LogP contribution in [0, 0.1) is 12.7 Å². The Labute approximate surface area is 191 Å².